The normalized spacial score (nSPS) is 12.5. The predicted molar refractivity (Wildman–Crippen MR) is 71.3 cm³/mol. The molecule has 5 heteroatoms. The van der Waals surface area contributed by atoms with Gasteiger partial charge in [-0.3, -0.25) is 0 Å². The molecule has 2 rings (SSSR count). The van der Waals surface area contributed by atoms with Crippen LogP contribution >= 0.6 is 0 Å². The highest BCUT2D eigenvalue weighted by Gasteiger charge is 2.12. The SMILES string of the molecule is CCCOCc1noc(CC(N)c2ccccc2)n1. The molecule has 1 unspecified atom stereocenters. The second-order valence-corrected chi connectivity index (χ2v) is 4.38. The molecule has 102 valence electrons. The van der Waals surface area contributed by atoms with E-state index in [4.69, 9.17) is 15.0 Å². The maximum absolute atomic E-state index is 6.10. The first kappa shape index (κ1) is 13.7. The Hall–Kier alpha value is -1.72. The van der Waals surface area contributed by atoms with Gasteiger partial charge in [-0.2, -0.15) is 4.98 Å². The predicted octanol–water partition coefficient (Wildman–Crippen LogP) is 2.24. The quantitative estimate of drug-likeness (QED) is 0.774. The lowest BCUT2D eigenvalue weighted by molar-refractivity contribution is 0.114. The molecule has 19 heavy (non-hydrogen) atoms. The van der Waals surface area contributed by atoms with E-state index in [1.54, 1.807) is 0 Å². The van der Waals surface area contributed by atoms with Crippen LogP contribution in [0.4, 0.5) is 0 Å². The molecule has 0 fully saturated rings. The fraction of sp³-hybridized carbons (Fsp3) is 0.429. The summed E-state index contributed by atoms with van der Waals surface area (Å²) in [7, 11) is 0. The first-order chi connectivity index (χ1) is 9.29. The third kappa shape index (κ3) is 4.15. The zero-order valence-electron chi connectivity index (χ0n) is 11.1. The van der Waals surface area contributed by atoms with Crippen molar-refractivity contribution in [2.45, 2.75) is 32.4 Å². The highest BCUT2D eigenvalue weighted by molar-refractivity contribution is 5.19. The van der Waals surface area contributed by atoms with E-state index >= 15 is 0 Å². The topological polar surface area (TPSA) is 74.2 Å². The average molecular weight is 261 g/mol. The van der Waals surface area contributed by atoms with Crippen LogP contribution in [0.2, 0.25) is 0 Å². The number of aromatic nitrogens is 2. The molecule has 0 saturated heterocycles. The molecule has 0 amide bonds. The number of hydrogen-bond donors (Lipinski definition) is 1. The van der Waals surface area contributed by atoms with Crippen molar-refractivity contribution in [1.82, 2.24) is 10.1 Å². The smallest absolute Gasteiger partial charge is 0.228 e. The third-order valence-electron chi connectivity index (χ3n) is 2.71. The largest absolute Gasteiger partial charge is 0.373 e. The van der Waals surface area contributed by atoms with Gasteiger partial charge in [-0.1, -0.05) is 42.4 Å². The molecule has 5 nitrogen and oxygen atoms in total. The number of nitrogens with zero attached hydrogens (tertiary/aromatic N) is 2. The number of benzene rings is 1. The number of hydrogen-bond acceptors (Lipinski definition) is 5. The summed E-state index contributed by atoms with van der Waals surface area (Å²) in [5.41, 5.74) is 7.16. The van der Waals surface area contributed by atoms with E-state index in [9.17, 15) is 0 Å². The monoisotopic (exact) mass is 261 g/mol. The summed E-state index contributed by atoms with van der Waals surface area (Å²) in [6.45, 7) is 3.14. The molecule has 0 radical (unpaired) electrons. The summed E-state index contributed by atoms with van der Waals surface area (Å²) in [6.07, 6.45) is 1.51. The van der Waals surface area contributed by atoms with Crippen LogP contribution in [0, 0.1) is 0 Å². The maximum atomic E-state index is 6.10. The number of rotatable bonds is 7. The Morgan fingerprint density at radius 2 is 2.11 bits per heavy atom. The van der Waals surface area contributed by atoms with E-state index in [1.807, 2.05) is 30.3 Å². The van der Waals surface area contributed by atoms with Gasteiger partial charge in [0.15, 0.2) is 5.82 Å². The summed E-state index contributed by atoms with van der Waals surface area (Å²) < 4.78 is 10.5. The van der Waals surface area contributed by atoms with Gasteiger partial charge >= 0.3 is 0 Å². The fourth-order valence-electron chi connectivity index (χ4n) is 1.75. The Morgan fingerprint density at radius 1 is 1.32 bits per heavy atom. The van der Waals surface area contributed by atoms with Crippen LogP contribution in [0.1, 0.15) is 36.7 Å². The van der Waals surface area contributed by atoms with Gasteiger partial charge < -0.3 is 15.0 Å². The van der Waals surface area contributed by atoms with Crippen molar-refractivity contribution in [2.75, 3.05) is 6.61 Å². The maximum Gasteiger partial charge on any atom is 0.228 e. The minimum Gasteiger partial charge on any atom is -0.373 e. The van der Waals surface area contributed by atoms with Gasteiger partial charge in [0.2, 0.25) is 5.89 Å². The molecule has 1 atom stereocenters. The molecule has 0 bridgehead atoms. The van der Waals surface area contributed by atoms with E-state index < -0.39 is 0 Å². The van der Waals surface area contributed by atoms with Gasteiger partial charge in [-0.15, -0.1) is 0 Å². The van der Waals surface area contributed by atoms with Crippen molar-refractivity contribution < 1.29 is 9.26 Å². The molecular formula is C14H19N3O2. The number of nitrogens with two attached hydrogens (primary N) is 1. The van der Waals surface area contributed by atoms with Gasteiger partial charge in [-0.25, -0.2) is 0 Å². The van der Waals surface area contributed by atoms with E-state index in [-0.39, 0.29) is 6.04 Å². The first-order valence-electron chi connectivity index (χ1n) is 6.49. The molecule has 0 saturated carbocycles. The van der Waals surface area contributed by atoms with Gasteiger partial charge in [-0.05, 0) is 12.0 Å². The highest BCUT2D eigenvalue weighted by atomic mass is 16.5. The molecular weight excluding hydrogens is 242 g/mol. The lowest BCUT2D eigenvalue weighted by atomic mass is 10.1. The van der Waals surface area contributed by atoms with Gasteiger partial charge in [0.1, 0.15) is 6.61 Å². The van der Waals surface area contributed by atoms with Gasteiger partial charge in [0, 0.05) is 19.1 Å². The molecule has 1 aromatic heterocycles. The van der Waals surface area contributed by atoms with E-state index in [1.165, 1.54) is 0 Å². The van der Waals surface area contributed by atoms with E-state index in [2.05, 4.69) is 17.1 Å². The van der Waals surface area contributed by atoms with Crippen molar-refractivity contribution in [3.63, 3.8) is 0 Å². The molecule has 0 spiro atoms. The molecule has 1 aromatic carbocycles. The first-order valence-corrected chi connectivity index (χ1v) is 6.49. The van der Waals surface area contributed by atoms with E-state index in [0.717, 1.165) is 12.0 Å². The Morgan fingerprint density at radius 3 is 2.84 bits per heavy atom. The van der Waals surface area contributed by atoms with Crippen LogP contribution in [0.25, 0.3) is 0 Å². The summed E-state index contributed by atoms with van der Waals surface area (Å²) in [5, 5.41) is 3.87. The molecule has 0 aliphatic rings. The van der Waals surface area contributed by atoms with Crippen molar-refractivity contribution in [1.29, 1.82) is 0 Å². The van der Waals surface area contributed by atoms with Crippen molar-refractivity contribution in [3.8, 4) is 0 Å². The minimum atomic E-state index is -0.133. The molecule has 2 aromatic rings. The minimum absolute atomic E-state index is 0.133. The summed E-state index contributed by atoms with van der Waals surface area (Å²) in [4.78, 5) is 4.26. The Bertz CT molecular complexity index is 484. The van der Waals surface area contributed by atoms with Crippen molar-refractivity contribution >= 4 is 0 Å². The molecule has 1 heterocycles. The van der Waals surface area contributed by atoms with E-state index in [0.29, 0.717) is 31.3 Å². The average Bonchev–Trinajstić information content (AvgIpc) is 2.88. The number of ether oxygens (including phenoxy) is 1. The standard InChI is InChI=1S/C14H19N3O2/c1-2-8-18-10-13-16-14(19-17-13)9-12(15)11-6-4-3-5-7-11/h3-7,12H,2,8-10,15H2,1H3. The Balaban J connectivity index is 1.89. The van der Waals surface area contributed by atoms with Crippen molar-refractivity contribution in [3.05, 3.63) is 47.6 Å². The zero-order chi connectivity index (χ0) is 13.5. The molecule has 0 aliphatic heterocycles. The molecule has 0 aliphatic carbocycles. The molecule has 2 N–H and O–H groups in total. The van der Waals surface area contributed by atoms with Crippen LogP contribution in [-0.4, -0.2) is 16.7 Å². The fourth-order valence-corrected chi connectivity index (χ4v) is 1.75. The second kappa shape index (κ2) is 7.01. The highest BCUT2D eigenvalue weighted by Crippen LogP contribution is 2.14. The van der Waals surface area contributed by atoms with Crippen LogP contribution in [-0.2, 0) is 17.8 Å². The van der Waals surface area contributed by atoms with Crippen LogP contribution in [0.3, 0.4) is 0 Å². The van der Waals surface area contributed by atoms with Crippen LogP contribution < -0.4 is 5.73 Å². The lowest BCUT2D eigenvalue weighted by Crippen LogP contribution is -2.13. The second-order valence-electron chi connectivity index (χ2n) is 4.38. The third-order valence-corrected chi connectivity index (χ3v) is 2.71. The Labute approximate surface area is 112 Å². The lowest BCUT2D eigenvalue weighted by Gasteiger charge is -2.08. The van der Waals surface area contributed by atoms with Crippen LogP contribution in [0.5, 0.6) is 0 Å². The summed E-state index contributed by atoms with van der Waals surface area (Å²) >= 11 is 0. The Kier molecular flexibility index (Phi) is 5.06. The summed E-state index contributed by atoms with van der Waals surface area (Å²) in [5.74, 6) is 1.12. The van der Waals surface area contributed by atoms with Crippen molar-refractivity contribution in [2.24, 2.45) is 5.73 Å². The van der Waals surface area contributed by atoms with Gasteiger partial charge in [0.25, 0.3) is 0 Å². The van der Waals surface area contributed by atoms with Gasteiger partial charge in [0.05, 0.1) is 0 Å². The summed E-state index contributed by atoms with van der Waals surface area (Å²) in [6, 6.07) is 9.75. The van der Waals surface area contributed by atoms with Crippen LogP contribution in [0.15, 0.2) is 34.9 Å². The zero-order valence-corrected chi connectivity index (χ0v) is 11.1.